The maximum atomic E-state index is 12.5. The number of nitrogen functional groups attached to an aromatic ring is 1. The molecular weight excluding hydrogens is 266 g/mol. The van der Waals surface area contributed by atoms with Gasteiger partial charge in [0.25, 0.3) is 0 Å². The van der Waals surface area contributed by atoms with Crippen molar-refractivity contribution in [3.63, 3.8) is 0 Å². The van der Waals surface area contributed by atoms with Gasteiger partial charge >= 0.3 is 0 Å². The molecule has 7 nitrogen and oxygen atoms in total. The first kappa shape index (κ1) is 14.2. The summed E-state index contributed by atoms with van der Waals surface area (Å²) in [6, 6.07) is 3.07. The Morgan fingerprint density at radius 2 is 2.05 bits per heavy atom. The zero-order valence-corrected chi connectivity index (χ0v) is 11.7. The van der Waals surface area contributed by atoms with Crippen molar-refractivity contribution in [3.05, 3.63) is 18.3 Å². The summed E-state index contributed by atoms with van der Waals surface area (Å²) in [5.41, 5.74) is 2.37. The van der Waals surface area contributed by atoms with Gasteiger partial charge in [0.05, 0.1) is 0 Å². The van der Waals surface area contributed by atoms with Gasteiger partial charge in [-0.3, -0.25) is 0 Å². The molecular formula is C11H19N5O2S. The third kappa shape index (κ3) is 3.21. The smallest absolute Gasteiger partial charge is 0.244 e. The Morgan fingerprint density at radius 3 is 2.68 bits per heavy atom. The summed E-state index contributed by atoms with van der Waals surface area (Å²) < 4.78 is 26.4. The summed E-state index contributed by atoms with van der Waals surface area (Å²) in [5.74, 6) is 5.65. The zero-order valence-electron chi connectivity index (χ0n) is 10.9. The van der Waals surface area contributed by atoms with Gasteiger partial charge in [-0.05, 0) is 32.1 Å². The lowest BCUT2D eigenvalue weighted by Gasteiger charge is -2.20. The van der Waals surface area contributed by atoms with E-state index in [4.69, 9.17) is 5.84 Å². The first-order chi connectivity index (χ1) is 9.04. The van der Waals surface area contributed by atoms with Crippen molar-refractivity contribution in [1.29, 1.82) is 0 Å². The van der Waals surface area contributed by atoms with E-state index in [-0.39, 0.29) is 4.90 Å². The number of pyridine rings is 1. The summed E-state index contributed by atoms with van der Waals surface area (Å²) in [6.07, 6.45) is 2.17. The molecule has 8 heteroatoms. The van der Waals surface area contributed by atoms with Gasteiger partial charge in [0, 0.05) is 25.8 Å². The van der Waals surface area contributed by atoms with Crippen molar-refractivity contribution < 1.29 is 8.42 Å². The van der Waals surface area contributed by atoms with Gasteiger partial charge in [0.2, 0.25) is 10.0 Å². The molecule has 0 aliphatic carbocycles. The maximum Gasteiger partial charge on any atom is 0.244 e. The Balaban J connectivity index is 2.20. The fourth-order valence-corrected chi connectivity index (χ4v) is 3.45. The summed E-state index contributed by atoms with van der Waals surface area (Å²) in [5, 5.41) is 0. The largest absolute Gasteiger partial charge is 0.308 e. The van der Waals surface area contributed by atoms with E-state index >= 15 is 0 Å². The van der Waals surface area contributed by atoms with Crippen molar-refractivity contribution in [2.75, 3.05) is 38.7 Å². The zero-order chi connectivity index (χ0) is 13.9. The Bertz CT molecular complexity index is 516. The van der Waals surface area contributed by atoms with Crippen LogP contribution in [-0.2, 0) is 10.0 Å². The molecule has 2 heterocycles. The van der Waals surface area contributed by atoms with Crippen LogP contribution in [0.5, 0.6) is 0 Å². The maximum absolute atomic E-state index is 12.5. The van der Waals surface area contributed by atoms with Crippen molar-refractivity contribution in [2.24, 2.45) is 5.84 Å². The summed E-state index contributed by atoms with van der Waals surface area (Å²) in [6.45, 7) is 2.72. The lowest BCUT2D eigenvalue weighted by Crippen LogP contribution is -2.34. The molecule has 0 bridgehead atoms. The number of rotatable bonds is 3. The topological polar surface area (TPSA) is 91.6 Å². The molecule has 0 atom stereocenters. The molecule has 19 heavy (non-hydrogen) atoms. The fraction of sp³-hybridized carbons (Fsp3) is 0.545. The predicted octanol–water partition coefficient (Wildman–Crippen LogP) is -0.307. The molecule has 2 rings (SSSR count). The minimum Gasteiger partial charge on any atom is -0.308 e. The number of anilines is 1. The van der Waals surface area contributed by atoms with Crippen LogP contribution >= 0.6 is 0 Å². The van der Waals surface area contributed by atoms with E-state index < -0.39 is 10.0 Å². The lowest BCUT2D eigenvalue weighted by molar-refractivity contribution is 0.347. The van der Waals surface area contributed by atoms with E-state index in [9.17, 15) is 8.42 Å². The summed E-state index contributed by atoms with van der Waals surface area (Å²) >= 11 is 0. The normalized spacial score (nSPS) is 19.1. The third-order valence-electron chi connectivity index (χ3n) is 3.20. The van der Waals surface area contributed by atoms with Crippen molar-refractivity contribution >= 4 is 15.8 Å². The van der Waals surface area contributed by atoms with Gasteiger partial charge in [-0.25, -0.2) is 19.2 Å². The highest BCUT2D eigenvalue weighted by atomic mass is 32.2. The highest BCUT2D eigenvalue weighted by Crippen LogP contribution is 2.17. The first-order valence-electron chi connectivity index (χ1n) is 6.15. The van der Waals surface area contributed by atoms with Gasteiger partial charge < -0.3 is 10.3 Å². The molecule has 1 aromatic heterocycles. The van der Waals surface area contributed by atoms with E-state index in [0.717, 1.165) is 19.5 Å². The van der Waals surface area contributed by atoms with Gasteiger partial charge in [-0.1, -0.05) is 0 Å². The monoisotopic (exact) mass is 285 g/mol. The average molecular weight is 285 g/mol. The van der Waals surface area contributed by atoms with E-state index in [1.807, 2.05) is 7.05 Å². The second-order valence-corrected chi connectivity index (χ2v) is 6.52. The highest BCUT2D eigenvalue weighted by Gasteiger charge is 2.26. The fourth-order valence-electron chi connectivity index (χ4n) is 2.03. The number of sulfonamides is 1. The van der Waals surface area contributed by atoms with Gasteiger partial charge in [-0.2, -0.15) is 4.31 Å². The number of hydrogen-bond donors (Lipinski definition) is 2. The van der Waals surface area contributed by atoms with Crippen LogP contribution in [0.2, 0.25) is 0 Å². The average Bonchev–Trinajstić information content (AvgIpc) is 2.64. The van der Waals surface area contributed by atoms with E-state index in [1.54, 1.807) is 6.07 Å². The van der Waals surface area contributed by atoms with Crippen molar-refractivity contribution in [3.8, 4) is 0 Å². The van der Waals surface area contributed by atoms with Crippen molar-refractivity contribution in [1.82, 2.24) is 14.2 Å². The molecule has 106 valence electrons. The molecule has 1 aromatic rings. The Hall–Kier alpha value is -1.22. The second kappa shape index (κ2) is 5.83. The van der Waals surface area contributed by atoms with Gasteiger partial charge in [0.1, 0.15) is 10.7 Å². The van der Waals surface area contributed by atoms with E-state index in [1.165, 1.54) is 16.6 Å². The van der Waals surface area contributed by atoms with E-state index in [0.29, 0.717) is 18.9 Å². The van der Waals surface area contributed by atoms with Crippen LogP contribution < -0.4 is 11.3 Å². The molecule has 0 amide bonds. The second-order valence-electron chi connectivity index (χ2n) is 4.58. The van der Waals surface area contributed by atoms with Crippen LogP contribution in [0.25, 0.3) is 0 Å². The van der Waals surface area contributed by atoms with Gasteiger partial charge in [-0.15, -0.1) is 0 Å². The minimum atomic E-state index is -3.46. The Kier molecular flexibility index (Phi) is 4.35. The Morgan fingerprint density at radius 1 is 1.26 bits per heavy atom. The quantitative estimate of drug-likeness (QED) is 0.585. The van der Waals surface area contributed by atoms with E-state index in [2.05, 4.69) is 15.3 Å². The number of hydrogen-bond acceptors (Lipinski definition) is 6. The van der Waals surface area contributed by atoms with Crippen molar-refractivity contribution in [2.45, 2.75) is 11.3 Å². The van der Waals surface area contributed by atoms with Crippen LogP contribution in [0, 0.1) is 0 Å². The number of nitrogens with zero attached hydrogens (tertiary/aromatic N) is 3. The number of nitrogens with two attached hydrogens (primary N) is 1. The molecule has 0 aromatic carbocycles. The van der Waals surface area contributed by atoms with Crippen LogP contribution in [0.1, 0.15) is 6.42 Å². The molecule has 1 aliphatic heterocycles. The molecule has 1 fully saturated rings. The number of hydrazine groups is 1. The standard InChI is InChI=1S/C11H19N5O2S/c1-15-5-2-6-16(8-7-15)19(17,18)10-3-4-11(14-12)13-9-10/h3-4,9H,2,5-8,12H2,1H3,(H,13,14). The highest BCUT2D eigenvalue weighted by molar-refractivity contribution is 7.89. The third-order valence-corrected chi connectivity index (χ3v) is 5.08. The number of nitrogens with one attached hydrogen (secondary N) is 1. The lowest BCUT2D eigenvalue weighted by atomic mass is 10.4. The molecule has 0 spiro atoms. The number of aromatic nitrogens is 1. The first-order valence-corrected chi connectivity index (χ1v) is 7.59. The molecule has 1 saturated heterocycles. The molecule has 3 N–H and O–H groups in total. The van der Waals surface area contributed by atoms with Crippen LogP contribution in [0.4, 0.5) is 5.82 Å². The SMILES string of the molecule is CN1CCCN(S(=O)(=O)c2ccc(NN)nc2)CC1. The van der Waals surface area contributed by atoms with Crippen LogP contribution in [0.3, 0.4) is 0 Å². The molecule has 1 aliphatic rings. The minimum absolute atomic E-state index is 0.205. The van der Waals surface area contributed by atoms with Gasteiger partial charge in [0.15, 0.2) is 0 Å². The summed E-state index contributed by atoms with van der Waals surface area (Å²) in [7, 11) is -1.46. The Labute approximate surface area is 113 Å². The number of likely N-dealkylation sites (N-methyl/N-ethyl adjacent to an activating group) is 1. The molecule has 0 saturated carbocycles. The summed E-state index contributed by atoms with van der Waals surface area (Å²) in [4.78, 5) is 6.28. The molecule has 0 unspecified atom stereocenters. The molecule has 0 radical (unpaired) electrons. The predicted molar refractivity (Wildman–Crippen MR) is 72.9 cm³/mol. The van der Waals surface area contributed by atoms with Crippen LogP contribution in [0.15, 0.2) is 23.2 Å². The van der Waals surface area contributed by atoms with Crippen LogP contribution in [-0.4, -0.2) is 55.8 Å².